The fourth-order valence-corrected chi connectivity index (χ4v) is 5.49. The van der Waals surface area contributed by atoms with Gasteiger partial charge in [-0.3, -0.25) is 4.79 Å². The van der Waals surface area contributed by atoms with Crippen LogP contribution >= 0.6 is 0 Å². The van der Waals surface area contributed by atoms with Gasteiger partial charge in [-0.15, -0.1) is 0 Å². The molecule has 1 fully saturated rings. The molecule has 6 nitrogen and oxygen atoms in total. The Morgan fingerprint density at radius 1 is 1.06 bits per heavy atom. The van der Waals surface area contributed by atoms with E-state index >= 15 is 0 Å². The Bertz CT molecular complexity index is 930. The lowest BCUT2D eigenvalue weighted by Gasteiger charge is -2.31. The van der Waals surface area contributed by atoms with E-state index in [9.17, 15) is 13.2 Å². The number of hydrogen-bond acceptors (Lipinski definition) is 4. The Morgan fingerprint density at radius 3 is 2.48 bits per heavy atom. The Kier molecular flexibility index (Phi) is 8.49. The van der Waals surface area contributed by atoms with Crippen LogP contribution in [0.25, 0.3) is 0 Å². The molecule has 0 saturated carbocycles. The SMILES string of the molecule is COc1ccc(CCNC(=O)[C@H]2CCCN(S(=O)(=O)CCCc3ccccc3)C2)cc1. The smallest absolute Gasteiger partial charge is 0.224 e. The summed E-state index contributed by atoms with van der Waals surface area (Å²) in [5.74, 6) is 0.583. The number of rotatable bonds is 10. The van der Waals surface area contributed by atoms with E-state index in [4.69, 9.17) is 4.74 Å². The predicted octanol–water partition coefficient (Wildman–Crippen LogP) is 3.03. The van der Waals surface area contributed by atoms with Gasteiger partial charge in [-0.25, -0.2) is 12.7 Å². The number of carbonyl (C=O) groups is 1. The first-order valence-electron chi connectivity index (χ1n) is 10.9. The normalized spacial score (nSPS) is 17.3. The number of aryl methyl sites for hydroxylation is 1. The first-order chi connectivity index (χ1) is 15.0. The van der Waals surface area contributed by atoms with Gasteiger partial charge in [0.15, 0.2) is 0 Å². The second kappa shape index (κ2) is 11.3. The third-order valence-corrected chi connectivity index (χ3v) is 7.65. The van der Waals surface area contributed by atoms with E-state index in [-0.39, 0.29) is 24.1 Å². The van der Waals surface area contributed by atoms with Crippen LogP contribution in [0.2, 0.25) is 0 Å². The number of nitrogens with zero attached hydrogens (tertiary/aromatic N) is 1. The molecule has 0 unspecified atom stereocenters. The van der Waals surface area contributed by atoms with Gasteiger partial charge in [-0.05, 0) is 55.4 Å². The number of piperidine rings is 1. The summed E-state index contributed by atoms with van der Waals surface area (Å²) in [6.45, 7) is 1.32. The lowest BCUT2D eigenvalue weighted by atomic mass is 9.99. The fraction of sp³-hybridized carbons (Fsp3) is 0.458. The van der Waals surface area contributed by atoms with Gasteiger partial charge >= 0.3 is 0 Å². The molecule has 0 radical (unpaired) electrons. The summed E-state index contributed by atoms with van der Waals surface area (Å²) in [7, 11) is -1.72. The number of sulfonamides is 1. The Labute approximate surface area is 185 Å². The van der Waals surface area contributed by atoms with Crippen molar-refractivity contribution < 1.29 is 17.9 Å². The minimum Gasteiger partial charge on any atom is -0.497 e. The van der Waals surface area contributed by atoms with Crippen LogP contribution in [0.4, 0.5) is 0 Å². The van der Waals surface area contributed by atoms with Crippen molar-refractivity contribution in [2.45, 2.75) is 32.1 Å². The summed E-state index contributed by atoms with van der Waals surface area (Å²) in [6.07, 6.45) is 3.49. The molecule has 2 aromatic carbocycles. The Hall–Kier alpha value is -2.38. The lowest BCUT2D eigenvalue weighted by molar-refractivity contribution is -0.126. The van der Waals surface area contributed by atoms with Crippen molar-refractivity contribution in [2.24, 2.45) is 5.92 Å². The average molecular weight is 445 g/mol. The summed E-state index contributed by atoms with van der Waals surface area (Å²) in [5, 5.41) is 2.97. The van der Waals surface area contributed by atoms with Gasteiger partial charge in [0.05, 0.1) is 18.8 Å². The van der Waals surface area contributed by atoms with E-state index < -0.39 is 10.0 Å². The molecule has 7 heteroatoms. The zero-order valence-corrected chi connectivity index (χ0v) is 18.9. The van der Waals surface area contributed by atoms with Crippen LogP contribution < -0.4 is 10.1 Å². The van der Waals surface area contributed by atoms with Crippen LogP contribution in [-0.2, 0) is 27.7 Å². The van der Waals surface area contributed by atoms with Gasteiger partial charge in [0.25, 0.3) is 0 Å². The second-order valence-corrected chi connectivity index (χ2v) is 10.1. The van der Waals surface area contributed by atoms with Crippen molar-refractivity contribution in [3.8, 4) is 5.75 Å². The highest BCUT2D eigenvalue weighted by Crippen LogP contribution is 2.20. The van der Waals surface area contributed by atoms with E-state index in [0.29, 0.717) is 25.9 Å². The van der Waals surface area contributed by atoms with E-state index in [1.165, 1.54) is 4.31 Å². The van der Waals surface area contributed by atoms with Crippen LogP contribution in [0.5, 0.6) is 5.75 Å². The third kappa shape index (κ3) is 7.08. The van der Waals surface area contributed by atoms with Crippen molar-refractivity contribution in [2.75, 3.05) is 32.5 Å². The standard InChI is InChI=1S/C24H32N2O4S/c1-30-23-13-11-21(12-14-23)15-16-25-24(27)22-10-5-17-26(19-22)31(28,29)18-6-9-20-7-3-2-4-8-20/h2-4,7-8,11-14,22H,5-6,9-10,15-19H2,1H3,(H,25,27)/t22-/m0/s1. The zero-order chi connectivity index (χ0) is 22.1. The molecule has 0 aliphatic carbocycles. The van der Waals surface area contributed by atoms with Crippen LogP contribution in [0, 0.1) is 5.92 Å². The molecule has 0 aromatic heterocycles. The molecule has 1 atom stereocenters. The number of benzene rings is 2. The Balaban J connectivity index is 1.44. The number of amides is 1. The maximum Gasteiger partial charge on any atom is 0.224 e. The van der Waals surface area contributed by atoms with Crippen molar-refractivity contribution in [1.82, 2.24) is 9.62 Å². The minimum absolute atomic E-state index is 0.0577. The molecule has 1 saturated heterocycles. The van der Waals surface area contributed by atoms with E-state index in [2.05, 4.69) is 5.32 Å². The van der Waals surface area contributed by atoms with Gasteiger partial charge in [-0.1, -0.05) is 42.5 Å². The topological polar surface area (TPSA) is 75.7 Å². The highest BCUT2D eigenvalue weighted by atomic mass is 32.2. The van der Waals surface area contributed by atoms with Crippen molar-refractivity contribution in [1.29, 1.82) is 0 Å². The number of carbonyl (C=O) groups excluding carboxylic acids is 1. The molecule has 0 bridgehead atoms. The maximum absolute atomic E-state index is 12.8. The van der Waals surface area contributed by atoms with Crippen LogP contribution in [0.1, 0.15) is 30.4 Å². The summed E-state index contributed by atoms with van der Waals surface area (Å²) < 4.78 is 32.2. The molecule has 2 aromatic rings. The van der Waals surface area contributed by atoms with Gasteiger partial charge in [0.2, 0.25) is 15.9 Å². The Morgan fingerprint density at radius 2 is 1.77 bits per heavy atom. The molecule has 168 valence electrons. The number of hydrogen-bond donors (Lipinski definition) is 1. The maximum atomic E-state index is 12.8. The molecular formula is C24H32N2O4S. The summed E-state index contributed by atoms with van der Waals surface area (Å²) in [4.78, 5) is 12.6. The van der Waals surface area contributed by atoms with Crippen LogP contribution in [0.15, 0.2) is 54.6 Å². The average Bonchev–Trinajstić information content (AvgIpc) is 2.80. The van der Waals surface area contributed by atoms with Crippen LogP contribution in [-0.4, -0.2) is 51.1 Å². The summed E-state index contributed by atoms with van der Waals surface area (Å²) >= 11 is 0. The minimum atomic E-state index is -3.35. The van der Waals surface area contributed by atoms with Gasteiger partial charge in [0, 0.05) is 19.6 Å². The highest BCUT2D eigenvalue weighted by molar-refractivity contribution is 7.89. The molecule has 3 rings (SSSR count). The molecule has 1 N–H and O–H groups in total. The quantitative estimate of drug-likeness (QED) is 0.611. The second-order valence-electron chi connectivity index (χ2n) is 7.99. The van der Waals surface area contributed by atoms with Crippen molar-refractivity contribution >= 4 is 15.9 Å². The van der Waals surface area contributed by atoms with Crippen molar-refractivity contribution in [3.63, 3.8) is 0 Å². The molecule has 1 heterocycles. The lowest BCUT2D eigenvalue weighted by Crippen LogP contribution is -2.46. The molecule has 1 aliphatic rings. The molecule has 1 aliphatic heterocycles. The number of methoxy groups -OCH3 is 1. The summed E-state index contributed by atoms with van der Waals surface area (Å²) in [5.41, 5.74) is 2.26. The number of ether oxygens (including phenoxy) is 1. The molecule has 31 heavy (non-hydrogen) atoms. The number of nitrogens with one attached hydrogen (secondary N) is 1. The third-order valence-electron chi connectivity index (χ3n) is 5.73. The molecule has 0 spiro atoms. The first kappa shape index (κ1) is 23.3. The van der Waals surface area contributed by atoms with E-state index in [0.717, 1.165) is 36.1 Å². The van der Waals surface area contributed by atoms with E-state index in [1.54, 1.807) is 7.11 Å². The monoisotopic (exact) mass is 444 g/mol. The largest absolute Gasteiger partial charge is 0.497 e. The van der Waals surface area contributed by atoms with Crippen LogP contribution in [0.3, 0.4) is 0 Å². The fourth-order valence-electron chi connectivity index (χ4n) is 3.91. The van der Waals surface area contributed by atoms with Gasteiger partial charge in [0.1, 0.15) is 5.75 Å². The first-order valence-corrected chi connectivity index (χ1v) is 12.5. The van der Waals surface area contributed by atoms with Gasteiger partial charge in [-0.2, -0.15) is 0 Å². The zero-order valence-electron chi connectivity index (χ0n) is 18.1. The summed E-state index contributed by atoms with van der Waals surface area (Å²) in [6, 6.07) is 17.7. The molecule has 1 amide bonds. The molecular weight excluding hydrogens is 412 g/mol. The highest BCUT2D eigenvalue weighted by Gasteiger charge is 2.31. The van der Waals surface area contributed by atoms with E-state index in [1.807, 2.05) is 54.6 Å². The van der Waals surface area contributed by atoms with Gasteiger partial charge < -0.3 is 10.1 Å². The van der Waals surface area contributed by atoms with Crippen molar-refractivity contribution in [3.05, 3.63) is 65.7 Å². The predicted molar refractivity (Wildman–Crippen MR) is 123 cm³/mol.